The monoisotopic (exact) mass is 360 g/mol. The Morgan fingerprint density at radius 3 is 2.92 bits per heavy atom. The highest BCUT2D eigenvalue weighted by Crippen LogP contribution is 2.21. The molecule has 134 valence electrons. The van der Waals surface area contributed by atoms with Crippen LogP contribution in [0.2, 0.25) is 0 Å². The number of rotatable bonds is 5. The second-order valence-electron chi connectivity index (χ2n) is 6.04. The molecular formula is C19H25ClN4O. The fraction of sp³-hybridized carbons (Fsp3) is 0.368. The summed E-state index contributed by atoms with van der Waals surface area (Å²) in [5.41, 5.74) is 3.22. The molecule has 1 aromatic carbocycles. The molecule has 6 heteroatoms. The number of aryl methyl sites for hydroxylation is 1. The number of nitrogens with zero attached hydrogens (tertiary/aromatic N) is 2. The highest BCUT2D eigenvalue weighted by Gasteiger charge is 2.25. The first-order valence-corrected chi connectivity index (χ1v) is 8.50. The molecule has 25 heavy (non-hydrogen) atoms. The topological polar surface area (TPSA) is 57.3 Å². The van der Waals surface area contributed by atoms with Gasteiger partial charge in [0.25, 0.3) is 0 Å². The summed E-state index contributed by atoms with van der Waals surface area (Å²) in [6.07, 6.45) is 4.57. The standard InChI is InChI=1S/C19H24N4O.ClH/c1-2-15-6-3-4-8-17(15)22-19(24)14-23-11-10-21-13-18(23)16-7-5-9-20-12-16;/h3-9,12,18,21H,2,10-11,13-14H2,1H3,(H,22,24);1H. The number of aromatic nitrogens is 1. The van der Waals surface area contributed by atoms with Gasteiger partial charge in [-0.3, -0.25) is 14.7 Å². The first-order valence-electron chi connectivity index (χ1n) is 8.50. The van der Waals surface area contributed by atoms with Gasteiger partial charge in [0.15, 0.2) is 0 Å². The number of carbonyl (C=O) groups is 1. The maximum Gasteiger partial charge on any atom is 0.238 e. The van der Waals surface area contributed by atoms with Gasteiger partial charge in [-0.2, -0.15) is 0 Å². The number of piperazine rings is 1. The van der Waals surface area contributed by atoms with Gasteiger partial charge in [-0.25, -0.2) is 0 Å². The first-order chi connectivity index (χ1) is 11.8. The molecule has 1 unspecified atom stereocenters. The Balaban J connectivity index is 0.00000225. The zero-order chi connectivity index (χ0) is 16.8. The van der Waals surface area contributed by atoms with Gasteiger partial charge in [-0.15, -0.1) is 12.4 Å². The molecule has 1 atom stereocenters. The normalized spacial score (nSPS) is 17.6. The molecule has 2 heterocycles. The Morgan fingerprint density at radius 2 is 2.16 bits per heavy atom. The molecule has 1 aromatic heterocycles. The van der Waals surface area contributed by atoms with Crippen LogP contribution in [-0.2, 0) is 11.2 Å². The van der Waals surface area contributed by atoms with Crippen LogP contribution >= 0.6 is 12.4 Å². The highest BCUT2D eigenvalue weighted by molar-refractivity contribution is 5.93. The summed E-state index contributed by atoms with van der Waals surface area (Å²) in [6, 6.07) is 12.2. The Bertz CT molecular complexity index is 680. The number of hydrogen-bond acceptors (Lipinski definition) is 4. The maximum absolute atomic E-state index is 12.5. The fourth-order valence-corrected chi connectivity index (χ4v) is 3.16. The molecule has 0 bridgehead atoms. The van der Waals surface area contributed by atoms with Crippen molar-refractivity contribution in [3.05, 3.63) is 59.9 Å². The van der Waals surface area contributed by atoms with E-state index in [9.17, 15) is 4.79 Å². The van der Waals surface area contributed by atoms with Crippen molar-refractivity contribution in [2.75, 3.05) is 31.5 Å². The van der Waals surface area contributed by atoms with E-state index in [1.807, 2.05) is 30.5 Å². The third kappa shape index (κ3) is 5.01. The molecule has 1 aliphatic rings. The third-order valence-electron chi connectivity index (χ3n) is 4.44. The summed E-state index contributed by atoms with van der Waals surface area (Å²) in [6.45, 7) is 5.07. The van der Waals surface area contributed by atoms with E-state index in [1.165, 1.54) is 0 Å². The predicted octanol–water partition coefficient (Wildman–Crippen LogP) is 2.65. The summed E-state index contributed by atoms with van der Waals surface area (Å²) in [7, 11) is 0. The molecule has 0 radical (unpaired) electrons. The molecule has 5 nitrogen and oxygen atoms in total. The quantitative estimate of drug-likeness (QED) is 0.860. The van der Waals surface area contributed by atoms with Crippen LogP contribution in [0.1, 0.15) is 24.1 Å². The zero-order valence-electron chi connectivity index (χ0n) is 14.4. The van der Waals surface area contributed by atoms with E-state index in [1.54, 1.807) is 6.20 Å². The van der Waals surface area contributed by atoms with Gasteiger partial charge < -0.3 is 10.6 Å². The Labute approximate surface area is 155 Å². The van der Waals surface area contributed by atoms with Crippen LogP contribution < -0.4 is 10.6 Å². The van der Waals surface area contributed by atoms with Crippen LogP contribution in [0.3, 0.4) is 0 Å². The minimum absolute atomic E-state index is 0. The maximum atomic E-state index is 12.5. The molecule has 0 spiro atoms. The molecule has 1 fully saturated rings. The minimum atomic E-state index is 0. The number of para-hydroxylation sites is 1. The molecule has 0 aliphatic carbocycles. The van der Waals surface area contributed by atoms with E-state index in [0.29, 0.717) is 6.54 Å². The molecule has 0 saturated carbocycles. The van der Waals surface area contributed by atoms with Crippen molar-refractivity contribution in [1.82, 2.24) is 15.2 Å². The Kier molecular flexibility index (Phi) is 7.37. The highest BCUT2D eigenvalue weighted by atomic mass is 35.5. The largest absolute Gasteiger partial charge is 0.325 e. The van der Waals surface area contributed by atoms with Crippen molar-refractivity contribution < 1.29 is 4.79 Å². The van der Waals surface area contributed by atoms with E-state index < -0.39 is 0 Å². The fourth-order valence-electron chi connectivity index (χ4n) is 3.16. The number of benzene rings is 1. The summed E-state index contributed by atoms with van der Waals surface area (Å²) >= 11 is 0. The van der Waals surface area contributed by atoms with E-state index in [0.717, 1.165) is 42.9 Å². The SMILES string of the molecule is CCc1ccccc1NC(=O)CN1CCNCC1c1cccnc1.Cl. The van der Waals surface area contributed by atoms with E-state index >= 15 is 0 Å². The smallest absolute Gasteiger partial charge is 0.238 e. The van der Waals surface area contributed by atoms with Crippen molar-refractivity contribution in [2.45, 2.75) is 19.4 Å². The Hall–Kier alpha value is -1.95. The predicted molar refractivity (Wildman–Crippen MR) is 103 cm³/mol. The van der Waals surface area contributed by atoms with Crippen LogP contribution in [0.15, 0.2) is 48.8 Å². The number of halogens is 1. The second kappa shape index (κ2) is 9.51. The van der Waals surface area contributed by atoms with Gasteiger partial charge in [0, 0.05) is 43.8 Å². The summed E-state index contributed by atoms with van der Waals surface area (Å²) in [5.74, 6) is 0.0340. The van der Waals surface area contributed by atoms with Crippen molar-refractivity contribution in [2.24, 2.45) is 0 Å². The molecule has 2 aromatic rings. The second-order valence-corrected chi connectivity index (χ2v) is 6.04. The van der Waals surface area contributed by atoms with E-state index in [-0.39, 0.29) is 24.4 Å². The summed E-state index contributed by atoms with van der Waals surface area (Å²) in [5, 5.41) is 6.47. The van der Waals surface area contributed by atoms with Crippen LogP contribution in [0, 0.1) is 0 Å². The summed E-state index contributed by atoms with van der Waals surface area (Å²) < 4.78 is 0. The van der Waals surface area contributed by atoms with Crippen molar-refractivity contribution in [3.8, 4) is 0 Å². The van der Waals surface area contributed by atoms with Crippen LogP contribution in [0.4, 0.5) is 5.69 Å². The van der Waals surface area contributed by atoms with Crippen LogP contribution in [0.25, 0.3) is 0 Å². The molecule has 2 N–H and O–H groups in total. The van der Waals surface area contributed by atoms with Gasteiger partial charge in [0.2, 0.25) is 5.91 Å². The molecule has 1 aliphatic heterocycles. The van der Waals surface area contributed by atoms with Gasteiger partial charge in [-0.1, -0.05) is 31.2 Å². The number of hydrogen-bond donors (Lipinski definition) is 2. The average molecular weight is 361 g/mol. The van der Waals surface area contributed by atoms with Gasteiger partial charge in [0.1, 0.15) is 0 Å². The number of anilines is 1. The number of pyridine rings is 1. The third-order valence-corrected chi connectivity index (χ3v) is 4.44. The summed E-state index contributed by atoms with van der Waals surface area (Å²) in [4.78, 5) is 19.0. The molecule has 1 amide bonds. The van der Waals surface area contributed by atoms with Crippen molar-refractivity contribution in [3.63, 3.8) is 0 Å². The zero-order valence-corrected chi connectivity index (χ0v) is 15.3. The minimum Gasteiger partial charge on any atom is -0.325 e. The van der Waals surface area contributed by atoms with Crippen LogP contribution in [-0.4, -0.2) is 42.0 Å². The lowest BCUT2D eigenvalue weighted by atomic mass is 10.1. The lowest BCUT2D eigenvalue weighted by Crippen LogP contribution is -2.48. The number of amides is 1. The lowest BCUT2D eigenvalue weighted by Gasteiger charge is -2.35. The lowest BCUT2D eigenvalue weighted by molar-refractivity contribution is -0.118. The average Bonchev–Trinajstić information content (AvgIpc) is 2.63. The molecular weight excluding hydrogens is 336 g/mol. The van der Waals surface area contributed by atoms with Crippen LogP contribution in [0.5, 0.6) is 0 Å². The van der Waals surface area contributed by atoms with Gasteiger partial charge >= 0.3 is 0 Å². The molecule has 1 saturated heterocycles. The molecule has 3 rings (SSSR count). The van der Waals surface area contributed by atoms with E-state index in [4.69, 9.17) is 0 Å². The van der Waals surface area contributed by atoms with Gasteiger partial charge in [-0.05, 0) is 29.7 Å². The Morgan fingerprint density at radius 1 is 1.32 bits per heavy atom. The van der Waals surface area contributed by atoms with Gasteiger partial charge in [0.05, 0.1) is 6.54 Å². The van der Waals surface area contributed by atoms with Crippen molar-refractivity contribution >= 4 is 24.0 Å². The number of carbonyl (C=O) groups excluding carboxylic acids is 1. The van der Waals surface area contributed by atoms with Crippen molar-refractivity contribution in [1.29, 1.82) is 0 Å². The van der Waals surface area contributed by atoms with E-state index in [2.05, 4.69) is 39.6 Å². The first kappa shape index (κ1) is 19.4. The number of nitrogens with one attached hydrogen (secondary N) is 2.